The summed E-state index contributed by atoms with van der Waals surface area (Å²) in [5.41, 5.74) is 3.73. The first-order valence-electron chi connectivity index (χ1n) is 10.1. The van der Waals surface area contributed by atoms with E-state index in [1.807, 2.05) is 42.6 Å². The summed E-state index contributed by atoms with van der Waals surface area (Å²) in [6, 6.07) is 15.8. The number of rotatable bonds is 5. The number of fused-ring (bicyclic) bond motifs is 1. The van der Waals surface area contributed by atoms with Gasteiger partial charge in [-0.2, -0.15) is 5.10 Å². The number of aliphatic hydroxyl groups is 1. The maximum absolute atomic E-state index is 10.6. The van der Waals surface area contributed by atoms with E-state index < -0.39 is 6.10 Å². The lowest BCUT2D eigenvalue weighted by Crippen LogP contribution is -2.35. The molecule has 4 heterocycles. The number of pyridine rings is 1. The molecule has 1 atom stereocenters. The first-order valence-corrected chi connectivity index (χ1v) is 10.1. The Morgan fingerprint density at radius 3 is 2.76 bits per heavy atom. The van der Waals surface area contributed by atoms with Crippen LogP contribution in [0.1, 0.15) is 30.2 Å². The lowest BCUT2D eigenvalue weighted by atomic mass is 9.89. The Morgan fingerprint density at radius 1 is 1.14 bits per heavy atom. The van der Waals surface area contributed by atoms with E-state index in [-0.39, 0.29) is 5.92 Å². The molecule has 148 valence electrons. The van der Waals surface area contributed by atoms with Gasteiger partial charge in [-0.25, -0.2) is 0 Å². The predicted octanol–water partition coefficient (Wildman–Crippen LogP) is 4.16. The van der Waals surface area contributed by atoms with Crippen LogP contribution in [0.2, 0.25) is 0 Å². The average Bonchev–Trinajstić information content (AvgIpc) is 3.41. The van der Waals surface area contributed by atoms with E-state index in [2.05, 4.69) is 32.2 Å². The number of nitrogens with one attached hydrogen (secondary N) is 1. The molecule has 1 saturated heterocycles. The van der Waals surface area contributed by atoms with E-state index in [1.165, 1.54) is 0 Å². The Morgan fingerprint density at radius 2 is 1.97 bits per heavy atom. The third-order valence-corrected chi connectivity index (χ3v) is 5.85. The molecule has 3 aromatic heterocycles. The van der Waals surface area contributed by atoms with Gasteiger partial charge in [0.25, 0.3) is 0 Å². The molecule has 2 N–H and O–H groups in total. The van der Waals surface area contributed by atoms with Gasteiger partial charge < -0.3 is 9.52 Å². The van der Waals surface area contributed by atoms with E-state index in [1.54, 1.807) is 6.20 Å². The number of benzene rings is 1. The number of H-pyrrole nitrogens is 1. The molecule has 0 radical (unpaired) electrons. The van der Waals surface area contributed by atoms with Crippen LogP contribution in [0, 0.1) is 5.92 Å². The molecule has 1 aromatic carbocycles. The number of hydrogen-bond acceptors (Lipinski definition) is 5. The van der Waals surface area contributed by atoms with Crippen LogP contribution in [0.5, 0.6) is 0 Å². The molecule has 1 fully saturated rings. The summed E-state index contributed by atoms with van der Waals surface area (Å²) >= 11 is 0. The number of nitrogens with zero attached hydrogens (tertiary/aromatic N) is 3. The number of piperidine rings is 1. The van der Waals surface area contributed by atoms with Crippen LogP contribution in [0.25, 0.3) is 22.4 Å². The number of likely N-dealkylation sites (tertiary alicyclic amines) is 1. The number of aromatic nitrogens is 3. The molecular formula is C23H24N4O2. The largest absolute Gasteiger partial charge is 0.454 e. The van der Waals surface area contributed by atoms with Crippen LogP contribution in [0.4, 0.5) is 0 Å². The van der Waals surface area contributed by atoms with Gasteiger partial charge in [0.2, 0.25) is 0 Å². The van der Waals surface area contributed by atoms with Gasteiger partial charge in [0.05, 0.1) is 18.0 Å². The highest BCUT2D eigenvalue weighted by atomic mass is 16.3. The number of aliphatic hydroxyl groups excluding tert-OH is 1. The summed E-state index contributed by atoms with van der Waals surface area (Å²) in [5, 5.41) is 19.1. The highest BCUT2D eigenvalue weighted by molar-refractivity contribution is 5.82. The monoisotopic (exact) mass is 388 g/mol. The van der Waals surface area contributed by atoms with Crippen molar-refractivity contribution in [2.45, 2.75) is 25.5 Å². The van der Waals surface area contributed by atoms with E-state index in [4.69, 9.17) is 4.42 Å². The topological polar surface area (TPSA) is 78.2 Å². The van der Waals surface area contributed by atoms with Gasteiger partial charge in [0, 0.05) is 23.7 Å². The molecule has 6 nitrogen and oxygen atoms in total. The lowest BCUT2D eigenvalue weighted by Gasteiger charge is -2.33. The van der Waals surface area contributed by atoms with Crippen LogP contribution in [0.15, 0.2) is 65.3 Å². The highest BCUT2D eigenvalue weighted by Gasteiger charge is 2.27. The summed E-state index contributed by atoms with van der Waals surface area (Å²) in [5.74, 6) is 1.07. The lowest BCUT2D eigenvalue weighted by molar-refractivity contribution is 0.0540. The first-order chi connectivity index (χ1) is 14.3. The van der Waals surface area contributed by atoms with E-state index in [9.17, 15) is 5.11 Å². The zero-order valence-corrected chi connectivity index (χ0v) is 16.2. The molecule has 0 amide bonds. The second-order valence-electron chi connectivity index (χ2n) is 7.73. The predicted molar refractivity (Wildman–Crippen MR) is 111 cm³/mol. The minimum Gasteiger partial charge on any atom is -0.454 e. The van der Waals surface area contributed by atoms with Crippen molar-refractivity contribution in [2.24, 2.45) is 5.92 Å². The van der Waals surface area contributed by atoms with Crippen molar-refractivity contribution in [2.75, 3.05) is 13.1 Å². The van der Waals surface area contributed by atoms with Crippen molar-refractivity contribution < 1.29 is 9.52 Å². The third-order valence-electron chi connectivity index (χ3n) is 5.85. The first kappa shape index (κ1) is 18.1. The fraction of sp³-hybridized carbons (Fsp3) is 0.304. The zero-order chi connectivity index (χ0) is 19.6. The van der Waals surface area contributed by atoms with Crippen molar-refractivity contribution in [1.82, 2.24) is 20.1 Å². The van der Waals surface area contributed by atoms with Crippen molar-refractivity contribution in [3.63, 3.8) is 0 Å². The Balaban J connectivity index is 1.25. The molecule has 0 aliphatic carbocycles. The van der Waals surface area contributed by atoms with Gasteiger partial charge in [0.1, 0.15) is 11.3 Å². The Kier molecular flexibility index (Phi) is 4.87. The minimum atomic E-state index is -0.488. The molecule has 5 rings (SSSR count). The molecule has 6 heteroatoms. The minimum absolute atomic E-state index is 0.250. The number of para-hydroxylation sites is 1. The number of furan rings is 1. The van der Waals surface area contributed by atoms with Crippen molar-refractivity contribution in [1.29, 1.82) is 0 Å². The maximum Gasteiger partial charge on any atom is 0.153 e. The van der Waals surface area contributed by atoms with E-state index in [0.29, 0.717) is 0 Å². The maximum atomic E-state index is 10.6. The average molecular weight is 388 g/mol. The summed E-state index contributed by atoms with van der Waals surface area (Å²) in [7, 11) is 0. The molecule has 1 unspecified atom stereocenters. The van der Waals surface area contributed by atoms with Gasteiger partial charge >= 0.3 is 0 Å². The normalized spacial score (nSPS) is 17.0. The van der Waals surface area contributed by atoms with Gasteiger partial charge in [0.15, 0.2) is 5.76 Å². The molecule has 0 saturated carbocycles. The van der Waals surface area contributed by atoms with Crippen LogP contribution in [-0.2, 0) is 6.54 Å². The summed E-state index contributed by atoms with van der Waals surface area (Å²) in [6.45, 7) is 2.70. The van der Waals surface area contributed by atoms with Crippen molar-refractivity contribution in [3.8, 4) is 11.5 Å². The molecule has 4 aromatic rings. The van der Waals surface area contributed by atoms with Crippen LogP contribution in [0.3, 0.4) is 0 Å². The van der Waals surface area contributed by atoms with Crippen molar-refractivity contribution >= 4 is 11.0 Å². The third kappa shape index (κ3) is 3.69. The fourth-order valence-electron chi connectivity index (χ4n) is 4.21. The Hall–Kier alpha value is -2.96. The highest BCUT2D eigenvalue weighted by Crippen LogP contribution is 2.32. The number of hydrogen-bond donors (Lipinski definition) is 2. The molecular weight excluding hydrogens is 364 g/mol. The zero-order valence-electron chi connectivity index (χ0n) is 16.2. The van der Waals surface area contributed by atoms with Gasteiger partial charge in [-0.1, -0.05) is 24.3 Å². The fourth-order valence-corrected chi connectivity index (χ4v) is 4.21. The quantitative estimate of drug-likeness (QED) is 0.537. The molecule has 1 aliphatic heterocycles. The van der Waals surface area contributed by atoms with Crippen LogP contribution < -0.4 is 0 Å². The van der Waals surface area contributed by atoms with E-state index in [0.717, 1.165) is 66.2 Å². The molecule has 0 spiro atoms. The molecule has 29 heavy (non-hydrogen) atoms. The summed E-state index contributed by atoms with van der Waals surface area (Å²) in [6.07, 6.45) is 5.05. The van der Waals surface area contributed by atoms with Crippen LogP contribution >= 0.6 is 0 Å². The van der Waals surface area contributed by atoms with Gasteiger partial charge in [-0.05, 0) is 56.1 Å². The van der Waals surface area contributed by atoms with E-state index >= 15 is 0 Å². The smallest absolute Gasteiger partial charge is 0.153 e. The SMILES string of the molecule is OC(c1ccccn1)C1CCN(Cc2cn[nH]c2-c2cc3ccccc3o2)CC1. The second kappa shape index (κ2) is 7.81. The summed E-state index contributed by atoms with van der Waals surface area (Å²) in [4.78, 5) is 6.73. The second-order valence-corrected chi connectivity index (χ2v) is 7.73. The van der Waals surface area contributed by atoms with Crippen LogP contribution in [-0.4, -0.2) is 38.3 Å². The van der Waals surface area contributed by atoms with Crippen molar-refractivity contribution in [3.05, 3.63) is 72.2 Å². The standard InChI is InChI=1S/C23H24N4O2/c28-23(19-6-3-4-10-24-19)16-8-11-27(12-9-16)15-18-14-25-26-22(18)21-13-17-5-1-2-7-20(17)29-21/h1-7,10,13-14,16,23,28H,8-9,11-12,15H2,(H,25,26). The molecule has 0 bridgehead atoms. The Bertz CT molecular complexity index is 1050. The summed E-state index contributed by atoms with van der Waals surface area (Å²) < 4.78 is 6.01. The number of aromatic amines is 1. The van der Waals surface area contributed by atoms with Gasteiger partial charge in [-0.3, -0.25) is 15.0 Å². The molecule has 1 aliphatic rings. The van der Waals surface area contributed by atoms with Gasteiger partial charge in [-0.15, -0.1) is 0 Å². The Labute approximate surface area is 169 Å².